The van der Waals surface area contributed by atoms with Crippen molar-refractivity contribution >= 4 is 34.2 Å². The summed E-state index contributed by atoms with van der Waals surface area (Å²) in [6, 6.07) is 20.0. The molecule has 2 N–H and O–H groups in total. The number of methoxy groups -OCH3 is 1. The van der Waals surface area contributed by atoms with Crippen molar-refractivity contribution < 1.29 is 9.53 Å². The third kappa shape index (κ3) is 3.64. The van der Waals surface area contributed by atoms with Crippen LogP contribution in [0.3, 0.4) is 0 Å². The summed E-state index contributed by atoms with van der Waals surface area (Å²) in [7, 11) is 1.59. The Morgan fingerprint density at radius 1 is 1.07 bits per heavy atom. The number of imidazole rings is 1. The van der Waals surface area contributed by atoms with Crippen molar-refractivity contribution in [2.24, 2.45) is 0 Å². The van der Waals surface area contributed by atoms with Gasteiger partial charge >= 0.3 is 0 Å². The van der Waals surface area contributed by atoms with E-state index in [4.69, 9.17) is 16.3 Å². The maximum Gasteiger partial charge on any atom is 0.255 e. The van der Waals surface area contributed by atoms with E-state index in [1.807, 2.05) is 42.5 Å². The number of carbonyl (C=O) groups excluding carboxylic acids is 1. The number of aromatic nitrogens is 2. The molecule has 1 aromatic heterocycles. The van der Waals surface area contributed by atoms with Crippen LogP contribution in [0, 0.1) is 0 Å². The minimum absolute atomic E-state index is 0.189. The van der Waals surface area contributed by atoms with Crippen molar-refractivity contribution in [3.8, 4) is 17.1 Å². The molecule has 4 rings (SSSR count). The second kappa shape index (κ2) is 7.13. The molecule has 6 heteroatoms. The molecule has 0 aliphatic carbocycles. The quantitative estimate of drug-likeness (QED) is 0.517. The Kier molecular flexibility index (Phi) is 4.52. The highest BCUT2D eigenvalue weighted by Gasteiger charge is 2.09. The van der Waals surface area contributed by atoms with Crippen LogP contribution in [-0.2, 0) is 0 Å². The second-order valence-corrected chi connectivity index (χ2v) is 6.45. The topological polar surface area (TPSA) is 67.0 Å². The van der Waals surface area contributed by atoms with Crippen molar-refractivity contribution in [1.82, 2.24) is 9.97 Å². The van der Waals surface area contributed by atoms with Gasteiger partial charge in [-0.3, -0.25) is 4.79 Å². The van der Waals surface area contributed by atoms with E-state index < -0.39 is 0 Å². The van der Waals surface area contributed by atoms with Crippen molar-refractivity contribution in [2.75, 3.05) is 12.4 Å². The van der Waals surface area contributed by atoms with Crippen molar-refractivity contribution in [1.29, 1.82) is 0 Å². The molecule has 0 aliphatic rings. The summed E-state index contributed by atoms with van der Waals surface area (Å²) in [5.74, 6) is 1.23. The number of rotatable bonds is 4. The van der Waals surface area contributed by atoms with Crippen LogP contribution in [0.4, 0.5) is 5.69 Å². The van der Waals surface area contributed by atoms with Crippen LogP contribution < -0.4 is 10.1 Å². The third-order valence-corrected chi connectivity index (χ3v) is 4.43. The number of aromatic amines is 1. The van der Waals surface area contributed by atoms with E-state index in [2.05, 4.69) is 15.3 Å². The molecule has 0 fully saturated rings. The Bertz CT molecular complexity index is 1120. The summed E-state index contributed by atoms with van der Waals surface area (Å²) in [5, 5.41) is 3.52. The molecular formula is C21H16ClN3O2. The van der Waals surface area contributed by atoms with Crippen LogP contribution in [-0.4, -0.2) is 23.0 Å². The summed E-state index contributed by atoms with van der Waals surface area (Å²) in [6.07, 6.45) is 0. The van der Waals surface area contributed by atoms with Crippen LogP contribution in [0.1, 0.15) is 10.4 Å². The predicted octanol–water partition coefficient (Wildman–Crippen LogP) is 5.14. The summed E-state index contributed by atoms with van der Waals surface area (Å²) >= 11 is 6.02. The number of fused-ring (bicyclic) bond motifs is 1. The molecule has 0 bridgehead atoms. The van der Waals surface area contributed by atoms with Gasteiger partial charge in [0, 0.05) is 27.9 Å². The first-order chi connectivity index (χ1) is 13.1. The minimum atomic E-state index is -0.189. The molecule has 1 amide bonds. The number of ether oxygens (including phenoxy) is 1. The fraction of sp³-hybridized carbons (Fsp3) is 0.0476. The van der Waals surface area contributed by atoms with Crippen molar-refractivity contribution in [2.45, 2.75) is 0 Å². The normalized spacial score (nSPS) is 10.7. The lowest BCUT2D eigenvalue weighted by Crippen LogP contribution is -2.11. The smallest absolute Gasteiger partial charge is 0.255 e. The SMILES string of the molecule is COc1cccc(NC(=O)c2ccc(-c3nc4ccc(Cl)cc4[nH]3)cc2)c1. The zero-order chi connectivity index (χ0) is 18.8. The van der Waals surface area contributed by atoms with E-state index in [-0.39, 0.29) is 5.91 Å². The molecule has 4 aromatic rings. The van der Waals surface area contributed by atoms with E-state index in [9.17, 15) is 4.79 Å². The second-order valence-electron chi connectivity index (χ2n) is 6.01. The first-order valence-corrected chi connectivity index (χ1v) is 8.71. The van der Waals surface area contributed by atoms with E-state index in [1.165, 1.54) is 0 Å². The van der Waals surface area contributed by atoms with Crippen LogP contribution in [0.5, 0.6) is 5.75 Å². The number of H-pyrrole nitrogens is 1. The lowest BCUT2D eigenvalue weighted by molar-refractivity contribution is 0.102. The van der Waals surface area contributed by atoms with E-state index in [0.29, 0.717) is 22.0 Å². The highest BCUT2D eigenvalue weighted by molar-refractivity contribution is 6.31. The molecule has 0 saturated heterocycles. The molecule has 134 valence electrons. The molecule has 3 aromatic carbocycles. The van der Waals surface area contributed by atoms with Gasteiger partial charge in [-0.1, -0.05) is 29.8 Å². The van der Waals surface area contributed by atoms with Gasteiger partial charge in [0.25, 0.3) is 5.91 Å². The molecule has 0 radical (unpaired) electrons. The van der Waals surface area contributed by atoms with Gasteiger partial charge in [-0.05, 0) is 42.5 Å². The lowest BCUT2D eigenvalue weighted by Gasteiger charge is -2.07. The zero-order valence-electron chi connectivity index (χ0n) is 14.5. The third-order valence-electron chi connectivity index (χ3n) is 4.19. The van der Waals surface area contributed by atoms with Crippen LogP contribution in [0.2, 0.25) is 5.02 Å². The lowest BCUT2D eigenvalue weighted by atomic mass is 10.1. The highest BCUT2D eigenvalue weighted by Crippen LogP contribution is 2.23. The fourth-order valence-corrected chi connectivity index (χ4v) is 2.97. The highest BCUT2D eigenvalue weighted by atomic mass is 35.5. The molecule has 1 heterocycles. The van der Waals surface area contributed by atoms with Crippen LogP contribution in [0.15, 0.2) is 66.7 Å². The molecule has 5 nitrogen and oxygen atoms in total. The van der Waals surface area contributed by atoms with Crippen LogP contribution >= 0.6 is 11.6 Å². The number of nitrogens with zero attached hydrogens (tertiary/aromatic N) is 1. The maximum atomic E-state index is 12.4. The zero-order valence-corrected chi connectivity index (χ0v) is 15.2. The first-order valence-electron chi connectivity index (χ1n) is 8.33. The Balaban J connectivity index is 1.54. The number of hydrogen-bond donors (Lipinski definition) is 2. The molecule has 27 heavy (non-hydrogen) atoms. The van der Waals surface area contributed by atoms with Gasteiger partial charge in [0.2, 0.25) is 0 Å². The number of benzene rings is 3. The number of nitrogens with one attached hydrogen (secondary N) is 2. The van der Waals surface area contributed by atoms with Gasteiger partial charge in [-0.2, -0.15) is 0 Å². The maximum absolute atomic E-state index is 12.4. The number of amides is 1. The fourth-order valence-electron chi connectivity index (χ4n) is 2.80. The molecule has 0 unspecified atom stereocenters. The van der Waals surface area contributed by atoms with Gasteiger partial charge in [0.05, 0.1) is 18.1 Å². The number of anilines is 1. The number of carbonyl (C=O) groups is 1. The Hall–Kier alpha value is -3.31. The summed E-state index contributed by atoms with van der Waals surface area (Å²) in [6.45, 7) is 0. The summed E-state index contributed by atoms with van der Waals surface area (Å²) < 4.78 is 5.17. The Morgan fingerprint density at radius 3 is 2.67 bits per heavy atom. The Morgan fingerprint density at radius 2 is 1.89 bits per heavy atom. The molecular weight excluding hydrogens is 362 g/mol. The number of halogens is 1. The van der Waals surface area contributed by atoms with Gasteiger partial charge < -0.3 is 15.0 Å². The van der Waals surface area contributed by atoms with Crippen molar-refractivity contribution in [3.63, 3.8) is 0 Å². The molecule has 0 atom stereocenters. The van der Waals surface area contributed by atoms with Crippen molar-refractivity contribution in [3.05, 3.63) is 77.3 Å². The van der Waals surface area contributed by atoms with E-state index in [1.54, 1.807) is 31.4 Å². The molecule has 0 spiro atoms. The molecule has 0 saturated carbocycles. The van der Waals surface area contributed by atoms with Gasteiger partial charge in [-0.25, -0.2) is 4.98 Å². The average molecular weight is 378 g/mol. The van der Waals surface area contributed by atoms with Crippen LogP contribution in [0.25, 0.3) is 22.4 Å². The van der Waals surface area contributed by atoms with E-state index in [0.717, 1.165) is 22.4 Å². The standard InChI is InChI=1S/C21H16ClN3O2/c1-27-17-4-2-3-16(12-17)23-21(26)14-7-5-13(6-8-14)20-24-18-10-9-15(22)11-19(18)25-20/h2-12H,1H3,(H,23,26)(H,24,25). The summed E-state index contributed by atoms with van der Waals surface area (Å²) in [4.78, 5) is 20.3. The van der Waals surface area contributed by atoms with Gasteiger partial charge in [0.1, 0.15) is 11.6 Å². The summed E-state index contributed by atoms with van der Waals surface area (Å²) in [5.41, 5.74) is 3.84. The average Bonchev–Trinajstić information content (AvgIpc) is 3.11. The Labute approximate surface area is 161 Å². The predicted molar refractivity (Wildman–Crippen MR) is 107 cm³/mol. The first kappa shape index (κ1) is 17.1. The van der Waals surface area contributed by atoms with Gasteiger partial charge in [0.15, 0.2) is 0 Å². The number of hydrogen-bond acceptors (Lipinski definition) is 3. The van der Waals surface area contributed by atoms with Gasteiger partial charge in [-0.15, -0.1) is 0 Å². The minimum Gasteiger partial charge on any atom is -0.497 e. The molecule has 0 aliphatic heterocycles. The largest absolute Gasteiger partial charge is 0.497 e. The van der Waals surface area contributed by atoms with E-state index >= 15 is 0 Å². The monoisotopic (exact) mass is 377 g/mol.